The van der Waals surface area contributed by atoms with Crippen molar-refractivity contribution >= 4 is 6.08 Å². The van der Waals surface area contributed by atoms with Crippen molar-refractivity contribution in [3.05, 3.63) is 40.1 Å². The van der Waals surface area contributed by atoms with E-state index in [9.17, 15) is 10.1 Å². The van der Waals surface area contributed by atoms with Crippen molar-refractivity contribution in [2.45, 2.75) is 0 Å². The first-order valence-corrected chi connectivity index (χ1v) is 4.21. The van der Waals surface area contributed by atoms with Gasteiger partial charge in [-0.25, -0.2) is 0 Å². The van der Waals surface area contributed by atoms with E-state index in [-0.39, 0.29) is 0 Å². The van der Waals surface area contributed by atoms with E-state index in [1.807, 2.05) is 0 Å². The van der Waals surface area contributed by atoms with Crippen molar-refractivity contribution < 1.29 is 14.4 Å². The quantitative estimate of drug-likeness (QED) is 0.561. The monoisotopic (exact) mass is 209 g/mol. The van der Waals surface area contributed by atoms with Crippen LogP contribution in [0.2, 0.25) is 0 Å². The predicted molar refractivity (Wildman–Crippen MR) is 55.6 cm³/mol. The van der Waals surface area contributed by atoms with Gasteiger partial charge in [0.1, 0.15) is 11.5 Å². The zero-order valence-electron chi connectivity index (χ0n) is 8.47. The zero-order valence-corrected chi connectivity index (χ0v) is 8.47. The smallest absolute Gasteiger partial charge is 0.235 e. The highest BCUT2D eigenvalue weighted by Gasteiger charge is 2.07. The lowest BCUT2D eigenvalue weighted by Gasteiger charge is -2.08. The summed E-state index contributed by atoms with van der Waals surface area (Å²) in [4.78, 5) is 9.67. The number of methoxy groups -OCH3 is 2. The maximum atomic E-state index is 10.2. The van der Waals surface area contributed by atoms with Gasteiger partial charge in [-0.3, -0.25) is 10.1 Å². The lowest BCUT2D eigenvalue weighted by molar-refractivity contribution is -0.400. The third-order valence-electron chi connectivity index (χ3n) is 1.83. The molecule has 0 radical (unpaired) electrons. The van der Waals surface area contributed by atoms with Gasteiger partial charge in [0.05, 0.1) is 24.7 Å². The van der Waals surface area contributed by atoms with Gasteiger partial charge in [0.2, 0.25) is 6.20 Å². The number of ether oxygens (including phenoxy) is 2. The Morgan fingerprint density at radius 2 is 1.80 bits per heavy atom. The van der Waals surface area contributed by atoms with E-state index in [0.717, 1.165) is 6.20 Å². The van der Waals surface area contributed by atoms with E-state index >= 15 is 0 Å². The summed E-state index contributed by atoms with van der Waals surface area (Å²) in [6.07, 6.45) is 2.19. The van der Waals surface area contributed by atoms with Crippen LogP contribution in [-0.4, -0.2) is 19.1 Å². The van der Waals surface area contributed by atoms with Gasteiger partial charge >= 0.3 is 0 Å². The van der Waals surface area contributed by atoms with Crippen LogP contribution in [0, 0.1) is 10.1 Å². The van der Waals surface area contributed by atoms with Crippen LogP contribution in [-0.2, 0) is 0 Å². The molecule has 0 aliphatic rings. The summed E-state index contributed by atoms with van der Waals surface area (Å²) in [5, 5.41) is 10.2. The van der Waals surface area contributed by atoms with Crippen LogP contribution < -0.4 is 9.47 Å². The van der Waals surface area contributed by atoms with Crippen LogP contribution in [0.5, 0.6) is 11.5 Å². The molecule has 0 spiro atoms. The van der Waals surface area contributed by atoms with Crippen LogP contribution in [0.1, 0.15) is 5.56 Å². The molecule has 0 saturated heterocycles. The Balaban J connectivity index is 3.16. The SMILES string of the molecule is COc1cccc(OC)c1/C=C/[N+](=O)[O-]. The maximum absolute atomic E-state index is 10.2. The topological polar surface area (TPSA) is 61.6 Å². The highest BCUT2D eigenvalue weighted by Crippen LogP contribution is 2.29. The van der Waals surface area contributed by atoms with Gasteiger partial charge in [0.25, 0.3) is 0 Å². The molecule has 0 aliphatic heterocycles. The second-order valence-corrected chi connectivity index (χ2v) is 2.68. The number of benzene rings is 1. The molecule has 1 aromatic carbocycles. The van der Waals surface area contributed by atoms with Crippen molar-refractivity contribution in [3.8, 4) is 11.5 Å². The Labute approximate surface area is 87.1 Å². The van der Waals surface area contributed by atoms with Crippen LogP contribution in [0.4, 0.5) is 0 Å². The molecule has 0 amide bonds. The lowest BCUT2D eigenvalue weighted by Crippen LogP contribution is -1.92. The van der Waals surface area contributed by atoms with Gasteiger partial charge in [-0.05, 0) is 12.1 Å². The molecule has 0 bridgehead atoms. The molecule has 0 atom stereocenters. The molecule has 80 valence electrons. The second-order valence-electron chi connectivity index (χ2n) is 2.68. The number of hydrogen-bond acceptors (Lipinski definition) is 4. The molecule has 0 aromatic heterocycles. The molecular weight excluding hydrogens is 198 g/mol. The fraction of sp³-hybridized carbons (Fsp3) is 0.200. The zero-order chi connectivity index (χ0) is 11.3. The average Bonchev–Trinajstić information content (AvgIpc) is 2.25. The molecule has 5 nitrogen and oxygen atoms in total. The third kappa shape index (κ3) is 2.70. The first-order chi connectivity index (χ1) is 7.19. The summed E-state index contributed by atoms with van der Waals surface area (Å²) in [5.74, 6) is 1.07. The van der Waals surface area contributed by atoms with Crippen molar-refractivity contribution in [2.75, 3.05) is 14.2 Å². The largest absolute Gasteiger partial charge is 0.496 e. The highest BCUT2D eigenvalue weighted by molar-refractivity contribution is 5.63. The molecule has 0 N–H and O–H groups in total. The molecule has 0 fully saturated rings. The Hall–Kier alpha value is -2.04. The van der Waals surface area contributed by atoms with E-state index in [2.05, 4.69) is 0 Å². The van der Waals surface area contributed by atoms with E-state index in [0.29, 0.717) is 17.1 Å². The van der Waals surface area contributed by atoms with E-state index in [1.54, 1.807) is 18.2 Å². The van der Waals surface area contributed by atoms with Crippen molar-refractivity contribution in [2.24, 2.45) is 0 Å². The minimum Gasteiger partial charge on any atom is -0.496 e. The minimum atomic E-state index is -0.536. The standard InChI is InChI=1S/C10H11NO4/c1-14-9-4-3-5-10(15-2)8(9)6-7-11(12)13/h3-7H,1-2H3/b7-6+. The molecule has 1 aromatic rings. The van der Waals surface area contributed by atoms with Crippen LogP contribution in [0.3, 0.4) is 0 Å². The van der Waals surface area contributed by atoms with Crippen molar-refractivity contribution in [3.63, 3.8) is 0 Å². The third-order valence-corrected chi connectivity index (χ3v) is 1.83. The van der Waals surface area contributed by atoms with Gasteiger partial charge in [-0.1, -0.05) is 6.07 Å². The van der Waals surface area contributed by atoms with Gasteiger partial charge in [0, 0.05) is 6.08 Å². The van der Waals surface area contributed by atoms with Crippen LogP contribution in [0.15, 0.2) is 24.4 Å². The van der Waals surface area contributed by atoms with E-state index < -0.39 is 4.92 Å². The summed E-state index contributed by atoms with van der Waals surface area (Å²) >= 11 is 0. The highest BCUT2D eigenvalue weighted by atomic mass is 16.6. The Morgan fingerprint density at radius 1 is 1.27 bits per heavy atom. The summed E-state index contributed by atoms with van der Waals surface area (Å²) in [6.45, 7) is 0. The molecule has 1 rings (SSSR count). The van der Waals surface area contributed by atoms with Gasteiger partial charge in [-0.15, -0.1) is 0 Å². The molecule has 0 heterocycles. The van der Waals surface area contributed by atoms with E-state index in [1.165, 1.54) is 20.3 Å². The fourth-order valence-electron chi connectivity index (χ4n) is 1.18. The van der Waals surface area contributed by atoms with Gasteiger partial charge < -0.3 is 9.47 Å². The van der Waals surface area contributed by atoms with E-state index in [4.69, 9.17) is 9.47 Å². The Morgan fingerprint density at radius 3 is 2.20 bits per heavy atom. The number of hydrogen-bond donors (Lipinski definition) is 0. The summed E-state index contributed by atoms with van der Waals surface area (Å²) in [6, 6.07) is 5.17. The van der Waals surface area contributed by atoms with Crippen LogP contribution >= 0.6 is 0 Å². The second kappa shape index (κ2) is 4.99. The average molecular weight is 209 g/mol. The summed E-state index contributed by atoms with van der Waals surface area (Å²) < 4.78 is 10.1. The molecule has 0 unspecified atom stereocenters. The van der Waals surface area contributed by atoms with Gasteiger partial charge in [-0.2, -0.15) is 0 Å². The lowest BCUT2D eigenvalue weighted by atomic mass is 10.1. The van der Waals surface area contributed by atoms with Gasteiger partial charge in [0.15, 0.2) is 0 Å². The predicted octanol–water partition coefficient (Wildman–Crippen LogP) is 1.95. The maximum Gasteiger partial charge on any atom is 0.235 e. The number of nitro groups is 1. The summed E-state index contributed by atoms with van der Waals surface area (Å²) in [7, 11) is 3.00. The molecule has 0 aliphatic carbocycles. The molecule has 5 heteroatoms. The number of rotatable bonds is 4. The Kier molecular flexibility index (Phi) is 3.68. The Bertz CT molecular complexity index is 365. The minimum absolute atomic E-state index is 0.535. The first-order valence-electron chi connectivity index (χ1n) is 4.21. The van der Waals surface area contributed by atoms with Crippen LogP contribution in [0.25, 0.3) is 6.08 Å². The van der Waals surface area contributed by atoms with Crippen molar-refractivity contribution in [1.82, 2.24) is 0 Å². The first kappa shape index (κ1) is 11.0. The number of nitrogens with zero attached hydrogens (tertiary/aromatic N) is 1. The normalized spacial score (nSPS) is 10.3. The fourth-order valence-corrected chi connectivity index (χ4v) is 1.18. The molecule has 15 heavy (non-hydrogen) atoms. The molecular formula is C10H11NO4. The summed E-state index contributed by atoms with van der Waals surface area (Å²) in [5.41, 5.74) is 0.555. The van der Waals surface area contributed by atoms with Crippen molar-refractivity contribution in [1.29, 1.82) is 0 Å². The molecule has 0 saturated carbocycles.